The Morgan fingerprint density at radius 1 is 1.10 bits per heavy atom. The Morgan fingerprint density at radius 3 is 2.76 bits per heavy atom. The minimum absolute atomic E-state index is 0.0417. The molecule has 1 aliphatic heterocycles. The zero-order chi connectivity index (χ0) is 14.8. The number of aliphatic hydroxyl groups excluding tert-OH is 1. The average molecular weight is 293 g/mol. The maximum Gasteiger partial charge on any atom is 0.231 e. The topological polar surface area (TPSA) is 50.7 Å². The number of hydrogen-bond acceptors (Lipinski definition) is 4. The van der Waals surface area contributed by atoms with Gasteiger partial charge in [0, 0.05) is 23.9 Å². The van der Waals surface area contributed by atoms with Gasteiger partial charge < -0.3 is 19.9 Å². The van der Waals surface area contributed by atoms with Crippen molar-refractivity contribution in [1.82, 2.24) is 0 Å². The Kier molecular flexibility index (Phi) is 3.62. The van der Waals surface area contributed by atoms with Gasteiger partial charge in [0.05, 0.1) is 6.10 Å². The molecule has 0 aromatic heterocycles. The van der Waals surface area contributed by atoms with E-state index in [9.17, 15) is 13.9 Å². The largest absolute Gasteiger partial charge is 0.454 e. The molecule has 0 amide bonds. The predicted octanol–water partition coefficient (Wildman–Crippen LogP) is 2.84. The molecule has 0 bridgehead atoms. The molecule has 0 aliphatic carbocycles. The molecule has 1 heterocycles. The van der Waals surface area contributed by atoms with E-state index in [4.69, 9.17) is 9.47 Å². The van der Waals surface area contributed by atoms with E-state index >= 15 is 0 Å². The van der Waals surface area contributed by atoms with Crippen molar-refractivity contribution in [1.29, 1.82) is 0 Å². The van der Waals surface area contributed by atoms with Gasteiger partial charge in [-0.05, 0) is 30.3 Å². The van der Waals surface area contributed by atoms with E-state index in [0.717, 1.165) is 18.2 Å². The molecular formula is C15H13F2NO3. The quantitative estimate of drug-likeness (QED) is 0.910. The summed E-state index contributed by atoms with van der Waals surface area (Å²) in [6, 6.07) is 8.20. The van der Waals surface area contributed by atoms with Crippen LogP contribution < -0.4 is 14.8 Å². The summed E-state index contributed by atoms with van der Waals surface area (Å²) in [6.45, 7) is 0.218. The van der Waals surface area contributed by atoms with E-state index in [1.807, 2.05) is 0 Å². The van der Waals surface area contributed by atoms with E-state index < -0.39 is 17.7 Å². The van der Waals surface area contributed by atoms with Gasteiger partial charge in [-0.25, -0.2) is 8.78 Å². The van der Waals surface area contributed by atoms with Crippen LogP contribution >= 0.6 is 0 Å². The molecule has 1 aliphatic rings. The highest BCUT2D eigenvalue weighted by Gasteiger charge is 2.16. The molecule has 1 unspecified atom stereocenters. The summed E-state index contributed by atoms with van der Waals surface area (Å²) < 4.78 is 37.0. The van der Waals surface area contributed by atoms with Gasteiger partial charge in [0.2, 0.25) is 6.79 Å². The Morgan fingerprint density at radius 2 is 1.90 bits per heavy atom. The first-order valence-corrected chi connectivity index (χ1v) is 6.40. The summed E-state index contributed by atoms with van der Waals surface area (Å²) in [4.78, 5) is 0. The lowest BCUT2D eigenvalue weighted by Gasteiger charge is -2.14. The highest BCUT2D eigenvalue weighted by Crippen LogP contribution is 2.34. The van der Waals surface area contributed by atoms with Gasteiger partial charge in [-0.15, -0.1) is 0 Å². The molecule has 0 radical (unpaired) electrons. The lowest BCUT2D eigenvalue weighted by atomic mass is 10.1. The van der Waals surface area contributed by atoms with Gasteiger partial charge >= 0.3 is 0 Å². The third-order valence-corrected chi connectivity index (χ3v) is 3.19. The van der Waals surface area contributed by atoms with Gasteiger partial charge in [0.25, 0.3) is 0 Å². The Bertz CT molecular complexity index is 663. The van der Waals surface area contributed by atoms with Gasteiger partial charge in [-0.2, -0.15) is 0 Å². The summed E-state index contributed by atoms with van der Waals surface area (Å²) in [5, 5.41) is 12.9. The van der Waals surface area contributed by atoms with E-state index in [-0.39, 0.29) is 18.9 Å². The molecule has 110 valence electrons. The number of anilines is 1. The Hall–Kier alpha value is -2.34. The molecule has 21 heavy (non-hydrogen) atoms. The van der Waals surface area contributed by atoms with Crippen molar-refractivity contribution in [3.05, 3.63) is 53.6 Å². The van der Waals surface area contributed by atoms with Crippen LogP contribution in [0.3, 0.4) is 0 Å². The molecule has 2 aromatic rings. The SMILES string of the molecule is OC(CNc1ccc2c(c1)OCO2)c1cc(F)ccc1F. The van der Waals surface area contributed by atoms with E-state index in [2.05, 4.69) is 5.32 Å². The van der Waals surface area contributed by atoms with Gasteiger partial charge in [-0.3, -0.25) is 0 Å². The molecule has 2 N–H and O–H groups in total. The number of ether oxygens (including phenoxy) is 2. The highest BCUT2D eigenvalue weighted by molar-refractivity contribution is 5.55. The maximum atomic E-state index is 13.5. The molecule has 6 heteroatoms. The lowest BCUT2D eigenvalue weighted by molar-refractivity contribution is 0.174. The normalized spacial score (nSPS) is 14.0. The predicted molar refractivity (Wildman–Crippen MR) is 72.4 cm³/mol. The summed E-state index contributed by atoms with van der Waals surface area (Å²) in [5.41, 5.74) is 0.610. The number of nitrogens with one attached hydrogen (secondary N) is 1. The molecule has 0 fully saturated rings. The first-order valence-electron chi connectivity index (χ1n) is 6.40. The van der Waals surface area contributed by atoms with Gasteiger partial charge in [0.15, 0.2) is 11.5 Å². The van der Waals surface area contributed by atoms with E-state index in [0.29, 0.717) is 17.2 Å². The van der Waals surface area contributed by atoms with Crippen LogP contribution in [-0.4, -0.2) is 18.4 Å². The van der Waals surface area contributed by atoms with E-state index in [1.165, 1.54) is 0 Å². The molecule has 2 aromatic carbocycles. The third-order valence-electron chi connectivity index (χ3n) is 3.19. The van der Waals surface area contributed by atoms with Crippen LogP contribution in [0.15, 0.2) is 36.4 Å². The smallest absolute Gasteiger partial charge is 0.231 e. The van der Waals surface area contributed by atoms with Crippen LogP contribution in [0.1, 0.15) is 11.7 Å². The van der Waals surface area contributed by atoms with Crippen LogP contribution in [0.25, 0.3) is 0 Å². The van der Waals surface area contributed by atoms with Crippen LogP contribution in [0, 0.1) is 11.6 Å². The molecule has 0 saturated carbocycles. The fourth-order valence-corrected chi connectivity index (χ4v) is 2.10. The van der Waals surface area contributed by atoms with E-state index in [1.54, 1.807) is 18.2 Å². The van der Waals surface area contributed by atoms with Crippen LogP contribution in [0.5, 0.6) is 11.5 Å². The molecule has 4 nitrogen and oxygen atoms in total. The van der Waals surface area contributed by atoms with Crippen LogP contribution in [0.2, 0.25) is 0 Å². The van der Waals surface area contributed by atoms with Crippen LogP contribution in [0.4, 0.5) is 14.5 Å². The summed E-state index contributed by atoms with van der Waals surface area (Å²) in [7, 11) is 0. The lowest BCUT2D eigenvalue weighted by Crippen LogP contribution is -2.13. The second kappa shape index (κ2) is 5.57. The zero-order valence-corrected chi connectivity index (χ0v) is 11.0. The number of halogens is 2. The van der Waals surface area contributed by atoms with Gasteiger partial charge in [0.1, 0.15) is 11.6 Å². The Labute approximate surface area is 119 Å². The summed E-state index contributed by atoms with van der Waals surface area (Å²) in [5.74, 6) is 0.0219. The minimum Gasteiger partial charge on any atom is -0.454 e. The summed E-state index contributed by atoms with van der Waals surface area (Å²) >= 11 is 0. The first kappa shape index (κ1) is 13.6. The molecule has 1 atom stereocenters. The van der Waals surface area contributed by atoms with Crippen molar-refractivity contribution in [2.45, 2.75) is 6.10 Å². The summed E-state index contributed by atoms with van der Waals surface area (Å²) in [6.07, 6.45) is -1.16. The molecule has 0 spiro atoms. The van der Waals surface area contributed by atoms with Crippen molar-refractivity contribution >= 4 is 5.69 Å². The van der Waals surface area contributed by atoms with Crippen molar-refractivity contribution in [2.24, 2.45) is 0 Å². The third kappa shape index (κ3) is 2.90. The zero-order valence-electron chi connectivity index (χ0n) is 11.0. The van der Waals surface area contributed by atoms with Crippen molar-refractivity contribution in [2.75, 3.05) is 18.7 Å². The second-order valence-corrected chi connectivity index (χ2v) is 4.63. The molecular weight excluding hydrogens is 280 g/mol. The second-order valence-electron chi connectivity index (χ2n) is 4.63. The minimum atomic E-state index is -1.16. The standard InChI is InChI=1S/C15H13F2NO3/c16-9-1-3-12(17)11(5-9)13(19)7-18-10-2-4-14-15(6-10)21-8-20-14/h1-6,13,18-19H,7-8H2. The van der Waals surface area contributed by atoms with Crippen LogP contribution in [-0.2, 0) is 0 Å². The fraction of sp³-hybridized carbons (Fsp3) is 0.200. The highest BCUT2D eigenvalue weighted by atomic mass is 19.1. The number of benzene rings is 2. The number of fused-ring (bicyclic) bond motifs is 1. The number of rotatable bonds is 4. The van der Waals surface area contributed by atoms with Crippen molar-refractivity contribution < 1.29 is 23.4 Å². The number of aliphatic hydroxyl groups is 1. The molecule has 3 rings (SSSR count). The maximum absolute atomic E-state index is 13.5. The first-order chi connectivity index (χ1) is 10.1. The average Bonchev–Trinajstić information content (AvgIpc) is 2.94. The Balaban J connectivity index is 1.68. The number of hydrogen-bond donors (Lipinski definition) is 2. The van der Waals surface area contributed by atoms with Crippen molar-refractivity contribution in [3.63, 3.8) is 0 Å². The molecule has 0 saturated heterocycles. The van der Waals surface area contributed by atoms with Gasteiger partial charge in [-0.1, -0.05) is 0 Å². The van der Waals surface area contributed by atoms with Crippen molar-refractivity contribution in [3.8, 4) is 11.5 Å². The fourth-order valence-electron chi connectivity index (χ4n) is 2.10. The monoisotopic (exact) mass is 293 g/mol.